The van der Waals surface area contributed by atoms with Crippen LogP contribution in [0.25, 0.3) is 0 Å². The molecule has 1 fully saturated rings. The molecule has 0 spiro atoms. The van der Waals surface area contributed by atoms with Crippen LogP contribution in [-0.2, 0) is 11.3 Å². The Hall–Kier alpha value is -1.39. The van der Waals surface area contributed by atoms with Crippen LogP contribution in [0.2, 0.25) is 0 Å². The van der Waals surface area contributed by atoms with E-state index in [0.717, 1.165) is 37.3 Å². The quantitative estimate of drug-likeness (QED) is 0.846. The predicted octanol–water partition coefficient (Wildman–Crippen LogP) is 2.60. The van der Waals surface area contributed by atoms with E-state index in [1.165, 1.54) is 6.42 Å². The van der Waals surface area contributed by atoms with E-state index < -0.39 is 0 Å². The average molecular weight is 289 g/mol. The molecule has 1 saturated heterocycles. The van der Waals surface area contributed by atoms with E-state index in [1.807, 2.05) is 24.3 Å². The molecule has 0 aromatic heterocycles. The maximum atomic E-state index is 12.0. The molecule has 0 saturated carbocycles. The molecule has 3 N–H and O–H groups in total. The van der Waals surface area contributed by atoms with E-state index in [4.69, 9.17) is 5.73 Å². The summed E-state index contributed by atoms with van der Waals surface area (Å²) in [6.07, 6.45) is 2.74. The van der Waals surface area contributed by atoms with Gasteiger partial charge in [-0.1, -0.05) is 26.0 Å². The van der Waals surface area contributed by atoms with Crippen molar-refractivity contribution < 1.29 is 4.79 Å². The highest BCUT2D eigenvalue weighted by Gasteiger charge is 2.28. The van der Waals surface area contributed by atoms with Gasteiger partial charge >= 0.3 is 0 Å². The Morgan fingerprint density at radius 1 is 1.43 bits per heavy atom. The maximum Gasteiger partial charge on any atom is 0.224 e. The highest BCUT2D eigenvalue weighted by molar-refractivity contribution is 5.90. The Bertz CT molecular complexity index is 485. The summed E-state index contributed by atoms with van der Waals surface area (Å²) in [6.45, 7) is 8.43. The second kappa shape index (κ2) is 7.05. The number of rotatable bonds is 6. The van der Waals surface area contributed by atoms with Crippen LogP contribution in [0.3, 0.4) is 0 Å². The lowest BCUT2D eigenvalue weighted by atomic mass is 9.93. The van der Waals surface area contributed by atoms with Crippen LogP contribution in [0.15, 0.2) is 24.3 Å². The molecule has 0 atom stereocenters. The molecule has 1 heterocycles. The Labute approximate surface area is 127 Å². The SMILES string of the molecule is CC1(C)CCN(CCCC(=O)Nc2cccc(CN)c2)C1. The molecule has 116 valence electrons. The van der Waals surface area contributed by atoms with Crippen LogP contribution in [0, 0.1) is 5.41 Å². The van der Waals surface area contributed by atoms with Crippen molar-refractivity contribution in [1.29, 1.82) is 0 Å². The Kier molecular flexibility index (Phi) is 5.37. The summed E-state index contributed by atoms with van der Waals surface area (Å²) >= 11 is 0. The average Bonchev–Trinajstić information content (AvgIpc) is 2.78. The molecule has 1 aliphatic rings. The van der Waals surface area contributed by atoms with E-state index in [0.29, 0.717) is 18.4 Å². The van der Waals surface area contributed by atoms with Gasteiger partial charge in [-0.3, -0.25) is 4.79 Å². The number of carbonyl (C=O) groups excluding carboxylic acids is 1. The molecule has 2 rings (SSSR count). The fraction of sp³-hybridized carbons (Fsp3) is 0.588. The van der Waals surface area contributed by atoms with Crippen LogP contribution in [-0.4, -0.2) is 30.4 Å². The summed E-state index contributed by atoms with van der Waals surface area (Å²) in [5.41, 5.74) is 7.91. The summed E-state index contributed by atoms with van der Waals surface area (Å²) in [5.74, 6) is 0.0858. The Morgan fingerprint density at radius 3 is 2.90 bits per heavy atom. The third-order valence-electron chi connectivity index (χ3n) is 4.08. The summed E-state index contributed by atoms with van der Waals surface area (Å²) in [4.78, 5) is 14.4. The number of amides is 1. The lowest BCUT2D eigenvalue weighted by Gasteiger charge is -2.19. The van der Waals surface area contributed by atoms with Gasteiger partial charge in [0.15, 0.2) is 0 Å². The first-order chi connectivity index (χ1) is 9.98. The number of nitrogens with two attached hydrogens (primary N) is 1. The fourth-order valence-electron chi connectivity index (χ4n) is 2.88. The van der Waals surface area contributed by atoms with Gasteiger partial charge in [0.2, 0.25) is 5.91 Å². The largest absolute Gasteiger partial charge is 0.326 e. The highest BCUT2D eigenvalue weighted by atomic mass is 16.1. The van der Waals surface area contributed by atoms with Crippen LogP contribution in [0.5, 0.6) is 0 Å². The molecule has 0 aliphatic carbocycles. The van der Waals surface area contributed by atoms with E-state index >= 15 is 0 Å². The Balaban J connectivity index is 1.70. The van der Waals surface area contributed by atoms with Crippen LogP contribution >= 0.6 is 0 Å². The van der Waals surface area contributed by atoms with Gasteiger partial charge in [-0.05, 0) is 49.0 Å². The summed E-state index contributed by atoms with van der Waals surface area (Å²) in [6, 6.07) is 7.72. The van der Waals surface area contributed by atoms with Crippen molar-refractivity contribution in [2.75, 3.05) is 25.0 Å². The number of hydrogen-bond acceptors (Lipinski definition) is 3. The van der Waals surface area contributed by atoms with Gasteiger partial charge in [-0.15, -0.1) is 0 Å². The van der Waals surface area contributed by atoms with Gasteiger partial charge in [0.25, 0.3) is 0 Å². The van der Waals surface area contributed by atoms with Gasteiger partial charge in [0.05, 0.1) is 0 Å². The first-order valence-corrected chi connectivity index (χ1v) is 7.80. The van der Waals surface area contributed by atoms with Crippen molar-refractivity contribution in [1.82, 2.24) is 4.90 Å². The number of nitrogens with zero attached hydrogens (tertiary/aromatic N) is 1. The molecular weight excluding hydrogens is 262 g/mol. The molecule has 0 bridgehead atoms. The molecule has 1 aliphatic heterocycles. The molecule has 0 unspecified atom stereocenters. The summed E-state index contributed by atoms with van der Waals surface area (Å²) < 4.78 is 0. The van der Waals surface area contributed by atoms with E-state index in [1.54, 1.807) is 0 Å². The number of anilines is 1. The lowest BCUT2D eigenvalue weighted by Crippen LogP contribution is -2.25. The van der Waals surface area contributed by atoms with E-state index in [-0.39, 0.29) is 5.91 Å². The van der Waals surface area contributed by atoms with Gasteiger partial charge in [0.1, 0.15) is 0 Å². The van der Waals surface area contributed by atoms with Crippen molar-refractivity contribution in [3.63, 3.8) is 0 Å². The van der Waals surface area contributed by atoms with E-state index in [2.05, 4.69) is 24.1 Å². The number of carbonyl (C=O) groups is 1. The van der Waals surface area contributed by atoms with Crippen molar-refractivity contribution in [2.45, 2.75) is 39.7 Å². The molecular formula is C17H27N3O. The van der Waals surface area contributed by atoms with Crippen molar-refractivity contribution in [3.05, 3.63) is 29.8 Å². The zero-order valence-electron chi connectivity index (χ0n) is 13.2. The molecule has 1 amide bonds. The highest BCUT2D eigenvalue weighted by Crippen LogP contribution is 2.28. The topological polar surface area (TPSA) is 58.4 Å². The van der Waals surface area contributed by atoms with Crippen molar-refractivity contribution in [3.8, 4) is 0 Å². The third kappa shape index (κ3) is 5.14. The number of benzene rings is 1. The van der Waals surface area contributed by atoms with Crippen LogP contribution in [0.1, 0.15) is 38.7 Å². The number of hydrogen-bond donors (Lipinski definition) is 2. The second-order valence-corrected chi connectivity index (χ2v) is 6.75. The zero-order chi connectivity index (χ0) is 15.3. The van der Waals surface area contributed by atoms with Crippen molar-refractivity contribution >= 4 is 11.6 Å². The predicted molar refractivity (Wildman–Crippen MR) is 87.0 cm³/mol. The Morgan fingerprint density at radius 2 is 2.24 bits per heavy atom. The fourth-order valence-corrected chi connectivity index (χ4v) is 2.88. The van der Waals surface area contributed by atoms with Crippen molar-refractivity contribution in [2.24, 2.45) is 11.1 Å². The summed E-state index contributed by atoms with van der Waals surface area (Å²) in [7, 11) is 0. The standard InChI is InChI=1S/C17H27N3O/c1-17(2)8-10-20(13-17)9-4-7-16(21)19-15-6-3-5-14(11-15)12-18/h3,5-6,11H,4,7-10,12-13,18H2,1-2H3,(H,19,21). The smallest absolute Gasteiger partial charge is 0.224 e. The van der Waals surface area contributed by atoms with Crippen LogP contribution in [0.4, 0.5) is 5.69 Å². The minimum absolute atomic E-state index is 0.0858. The molecule has 4 heteroatoms. The second-order valence-electron chi connectivity index (χ2n) is 6.75. The van der Waals surface area contributed by atoms with Gasteiger partial charge < -0.3 is 16.0 Å². The minimum Gasteiger partial charge on any atom is -0.326 e. The maximum absolute atomic E-state index is 12.0. The van der Waals surface area contributed by atoms with Gasteiger partial charge in [-0.25, -0.2) is 0 Å². The molecule has 1 aromatic carbocycles. The first kappa shape index (κ1) is 16.0. The summed E-state index contributed by atoms with van der Waals surface area (Å²) in [5, 5.41) is 2.95. The monoisotopic (exact) mass is 289 g/mol. The third-order valence-corrected chi connectivity index (χ3v) is 4.08. The number of likely N-dealkylation sites (tertiary alicyclic amines) is 1. The van der Waals surface area contributed by atoms with Gasteiger partial charge in [0, 0.05) is 25.2 Å². The first-order valence-electron chi connectivity index (χ1n) is 7.80. The zero-order valence-corrected chi connectivity index (χ0v) is 13.2. The number of nitrogens with one attached hydrogen (secondary N) is 1. The molecule has 4 nitrogen and oxygen atoms in total. The minimum atomic E-state index is 0.0858. The normalized spacial score (nSPS) is 17.9. The lowest BCUT2D eigenvalue weighted by molar-refractivity contribution is -0.116. The van der Waals surface area contributed by atoms with E-state index in [9.17, 15) is 4.79 Å². The van der Waals surface area contributed by atoms with Crippen LogP contribution < -0.4 is 11.1 Å². The van der Waals surface area contributed by atoms with Gasteiger partial charge in [-0.2, -0.15) is 0 Å². The molecule has 1 aromatic rings. The molecule has 0 radical (unpaired) electrons. The molecule has 21 heavy (non-hydrogen) atoms.